The fourth-order valence-electron chi connectivity index (χ4n) is 1.71. The lowest BCUT2D eigenvalue weighted by atomic mass is 10.3. The molecule has 0 unspecified atom stereocenters. The van der Waals surface area contributed by atoms with Crippen molar-refractivity contribution in [1.82, 2.24) is 10.3 Å². The fourth-order valence-corrected chi connectivity index (χ4v) is 1.71. The van der Waals surface area contributed by atoms with Gasteiger partial charge in [-0.2, -0.15) is 0 Å². The Hall–Kier alpha value is -2.11. The molecule has 1 aromatic rings. The molecule has 1 aliphatic rings. The maximum Gasteiger partial charge on any atom is 0.354 e. The highest BCUT2D eigenvalue weighted by molar-refractivity contribution is 5.85. The first-order valence-corrected chi connectivity index (χ1v) is 5.39. The number of carboxylic acid groups (broad SMARTS) is 1. The summed E-state index contributed by atoms with van der Waals surface area (Å²) in [5, 5.41) is 11.6. The Morgan fingerprint density at radius 2 is 2.24 bits per heavy atom. The first kappa shape index (κ1) is 11.4. The summed E-state index contributed by atoms with van der Waals surface area (Å²) in [7, 11) is 0. The van der Waals surface area contributed by atoms with Gasteiger partial charge in [0.15, 0.2) is 5.69 Å². The number of carbonyl (C=O) groups excluding carboxylic acids is 1. The van der Waals surface area contributed by atoms with Gasteiger partial charge in [-0.3, -0.25) is 4.79 Å². The van der Waals surface area contributed by atoms with E-state index in [4.69, 9.17) is 5.11 Å². The lowest BCUT2D eigenvalue weighted by Gasteiger charge is -2.20. The van der Waals surface area contributed by atoms with Crippen LogP contribution in [0, 0.1) is 0 Å². The predicted molar refractivity (Wildman–Crippen MR) is 61.0 cm³/mol. The molecule has 2 heterocycles. The van der Waals surface area contributed by atoms with Gasteiger partial charge < -0.3 is 15.3 Å². The molecule has 1 aliphatic heterocycles. The van der Waals surface area contributed by atoms with Gasteiger partial charge in [0.05, 0.1) is 0 Å². The summed E-state index contributed by atoms with van der Waals surface area (Å²) in [5.74, 6) is -0.431. The maximum absolute atomic E-state index is 11.2. The minimum atomic E-state index is -1.05. The van der Waals surface area contributed by atoms with Crippen LogP contribution in [0.4, 0.5) is 5.82 Å². The van der Waals surface area contributed by atoms with Crippen LogP contribution in [0.15, 0.2) is 18.2 Å². The first-order valence-electron chi connectivity index (χ1n) is 5.39. The van der Waals surface area contributed by atoms with E-state index in [-0.39, 0.29) is 11.6 Å². The number of carboxylic acids is 1. The average molecular weight is 235 g/mol. The summed E-state index contributed by atoms with van der Waals surface area (Å²) >= 11 is 0. The van der Waals surface area contributed by atoms with Gasteiger partial charge in [0.25, 0.3) is 0 Å². The van der Waals surface area contributed by atoms with Crippen molar-refractivity contribution in [3.05, 3.63) is 23.9 Å². The normalized spacial score (nSPS) is 16.2. The Balaban J connectivity index is 2.18. The minimum Gasteiger partial charge on any atom is -0.477 e. The third kappa shape index (κ3) is 2.72. The van der Waals surface area contributed by atoms with Crippen LogP contribution in [-0.2, 0) is 4.79 Å². The lowest BCUT2D eigenvalue weighted by molar-refractivity contribution is -0.120. The second-order valence-electron chi connectivity index (χ2n) is 3.77. The number of carbonyl (C=O) groups is 2. The van der Waals surface area contributed by atoms with Crippen LogP contribution in [0.1, 0.15) is 16.9 Å². The molecule has 0 atom stereocenters. The number of rotatable bonds is 2. The molecule has 0 aromatic carbocycles. The number of hydrogen-bond donors (Lipinski definition) is 2. The van der Waals surface area contributed by atoms with Gasteiger partial charge in [0, 0.05) is 26.1 Å². The fraction of sp³-hybridized carbons (Fsp3) is 0.364. The number of nitrogens with zero attached hydrogens (tertiary/aromatic N) is 2. The summed E-state index contributed by atoms with van der Waals surface area (Å²) in [4.78, 5) is 27.9. The molecule has 0 saturated carbocycles. The molecule has 1 saturated heterocycles. The van der Waals surface area contributed by atoms with Crippen LogP contribution in [0.25, 0.3) is 0 Å². The Labute approximate surface area is 98.3 Å². The van der Waals surface area contributed by atoms with Crippen molar-refractivity contribution in [3.63, 3.8) is 0 Å². The van der Waals surface area contributed by atoms with E-state index in [1.54, 1.807) is 12.1 Å². The Bertz CT molecular complexity index is 447. The number of hydrogen-bond acceptors (Lipinski definition) is 4. The van der Waals surface area contributed by atoms with E-state index in [9.17, 15) is 9.59 Å². The van der Waals surface area contributed by atoms with E-state index < -0.39 is 5.97 Å². The van der Waals surface area contributed by atoms with Crippen molar-refractivity contribution in [3.8, 4) is 0 Å². The van der Waals surface area contributed by atoms with Gasteiger partial charge in [-0.15, -0.1) is 0 Å². The Kier molecular flexibility index (Phi) is 3.22. The number of amides is 1. The van der Waals surface area contributed by atoms with E-state index in [1.807, 2.05) is 4.90 Å². The molecule has 1 fully saturated rings. The summed E-state index contributed by atoms with van der Waals surface area (Å²) in [5.41, 5.74) is 0.0195. The zero-order valence-electron chi connectivity index (χ0n) is 9.22. The highest BCUT2D eigenvalue weighted by Gasteiger charge is 2.15. The summed E-state index contributed by atoms with van der Waals surface area (Å²) in [6, 6.07) is 4.86. The molecule has 1 amide bonds. The first-order chi connectivity index (χ1) is 8.16. The van der Waals surface area contributed by atoms with Gasteiger partial charge >= 0.3 is 5.97 Å². The highest BCUT2D eigenvalue weighted by atomic mass is 16.4. The van der Waals surface area contributed by atoms with Crippen molar-refractivity contribution >= 4 is 17.7 Å². The number of nitrogens with one attached hydrogen (secondary N) is 1. The van der Waals surface area contributed by atoms with Crippen LogP contribution in [0.2, 0.25) is 0 Å². The second-order valence-corrected chi connectivity index (χ2v) is 3.77. The van der Waals surface area contributed by atoms with Gasteiger partial charge in [0.1, 0.15) is 5.82 Å². The monoisotopic (exact) mass is 235 g/mol. The molecule has 0 bridgehead atoms. The predicted octanol–water partition coefficient (Wildman–Crippen LogP) is 0.106. The molecule has 2 N–H and O–H groups in total. The summed E-state index contributed by atoms with van der Waals surface area (Å²) in [6.07, 6.45) is 0.402. The summed E-state index contributed by atoms with van der Waals surface area (Å²) in [6.45, 7) is 1.75. The molecule has 6 nitrogen and oxygen atoms in total. The lowest BCUT2D eigenvalue weighted by Crippen LogP contribution is -2.29. The van der Waals surface area contributed by atoms with Crippen LogP contribution in [0.5, 0.6) is 0 Å². The third-order valence-corrected chi connectivity index (χ3v) is 2.59. The van der Waals surface area contributed by atoms with Gasteiger partial charge in [0.2, 0.25) is 5.91 Å². The van der Waals surface area contributed by atoms with Gasteiger partial charge in [-0.05, 0) is 12.1 Å². The largest absolute Gasteiger partial charge is 0.477 e. The Morgan fingerprint density at radius 1 is 1.41 bits per heavy atom. The van der Waals surface area contributed by atoms with Crippen molar-refractivity contribution in [1.29, 1.82) is 0 Å². The molecule has 0 radical (unpaired) electrons. The average Bonchev–Trinajstić information content (AvgIpc) is 2.54. The molecule has 6 heteroatoms. The van der Waals surface area contributed by atoms with Crippen LogP contribution < -0.4 is 10.2 Å². The Morgan fingerprint density at radius 3 is 3.00 bits per heavy atom. The molecule has 1 aromatic heterocycles. The molecule has 0 aliphatic carbocycles. The number of aromatic nitrogens is 1. The summed E-state index contributed by atoms with van der Waals surface area (Å²) < 4.78 is 0. The molecule has 2 rings (SSSR count). The molecule has 90 valence electrons. The van der Waals surface area contributed by atoms with E-state index in [2.05, 4.69) is 10.3 Å². The molecular weight excluding hydrogens is 222 g/mol. The second kappa shape index (κ2) is 4.82. The van der Waals surface area contributed by atoms with Crippen LogP contribution in [0.3, 0.4) is 0 Å². The van der Waals surface area contributed by atoms with E-state index in [0.29, 0.717) is 31.9 Å². The quantitative estimate of drug-likeness (QED) is 0.760. The standard InChI is InChI=1S/C11H13N3O3/c15-10-4-6-14(7-5-12-10)9-3-1-2-8(13-9)11(16)17/h1-3H,4-7H2,(H,12,15)(H,16,17). The zero-order chi connectivity index (χ0) is 12.3. The van der Waals surface area contributed by atoms with E-state index >= 15 is 0 Å². The van der Waals surface area contributed by atoms with E-state index in [0.717, 1.165) is 0 Å². The van der Waals surface area contributed by atoms with Crippen LogP contribution >= 0.6 is 0 Å². The van der Waals surface area contributed by atoms with Crippen molar-refractivity contribution in [2.24, 2.45) is 0 Å². The highest BCUT2D eigenvalue weighted by Crippen LogP contribution is 2.12. The van der Waals surface area contributed by atoms with Gasteiger partial charge in [-0.25, -0.2) is 9.78 Å². The smallest absolute Gasteiger partial charge is 0.354 e. The number of pyridine rings is 1. The zero-order valence-corrected chi connectivity index (χ0v) is 9.22. The maximum atomic E-state index is 11.2. The van der Waals surface area contributed by atoms with Crippen molar-refractivity contribution < 1.29 is 14.7 Å². The number of anilines is 1. The third-order valence-electron chi connectivity index (χ3n) is 2.59. The van der Waals surface area contributed by atoms with Crippen molar-refractivity contribution in [2.45, 2.75) is 6.42 Å². The molecule has 17 heavy (non-hydrogen) atoms. The topological polar surface area (TPSA) is 82.5 Å². The van der Waals surface area contributed by atoms with Crippen LogP contribution in [-0.4, -0.2) is 41.6 Å². The van der Waals surface area contributed by atoms with Gasteiger partial charge in [-0.1, -0.05) is 6.07 Å². The minimum absolute atomic E-state index is 0.0156. The van der Waals surface area contributed by atoms with E-state index in [1.165, 1.54) is 6.07 Å². The molecule has 0 spiro atoms. The SMILES string of the molecule is O=C1CCN(c2cccc(C(=O)O)n2)CCN1. The van der Waals surface area contributed by atoms with Crippen molar-refractivity contribution in [2.75, 3.05) is 24.5 Å². The molecular formula is C11H13N3O3. The number of aromatic carboxylic acids is 1.